The number of hydrogen-bond donors (Lipinski definition) is 1. The number of benzene rings is 1. The molecule has 0 amide bonds. The molecule has 0 aliphatic heterocycles. The van der Waals surface area contributed by atoms with Crippen molar-refractivity contribution in [1.82, 2.24) is 4.72 Å². The average molecular weight is 305 g/mol. The molecule has 5 nitrogen and oxygen atoms in total. The van der Waals surface area contributed by atoms with Gasteiger partial charge in [0.05, 0.1) is 14.2 Å². The molecule has 0 saturated carbocycles. The predicted octanol–water partition coefficient (Wildman–Crippen LogP) is 2.17. The second-order valence-electron chi connectivity index (χ2n) is 4.72. The van der Waals surface area contributed by atoms with E-state index in [-0.39, 0.29) is 18.0 Å². The van der Waals surface area contributed by atoms with Crippen molar-refractivity contribution in [3.8, 4) is 11.5 Å². The minimum absolute atomic E-state index is 0.145. The molecule has 0 aliphatic rings. The maximum absolute atomic E-state index is 13.9. The molecule has 0 fully saturated rings. The molecular weight excluding hydrogens is 285 g/mol. The summed E-state index contributed by atoms with van der Waals surface area (Å²) in [6.07, 6.45) is 0.675. The molecule has 7 heteroatoms. The molecule has 1 rings (SSSR count). The van der Waals surface area contributed by atoms with Crippen LogP contribution in [-0.4, -0.2) is 29.2 Å². The van der Waals surface area contributed by atoms with E-state index in [4.69, 9.17) is 9.47 Å². The van der Waals surface area contributed by atoms with Crippen molar-refractivity contribution < 1.29 is 22.3 Å². The van der Waals surface area contributed by atoms with E-state index in [0.29, 0.717) is 12.3 Å². The Balaban J connectivity index is 3.05. The summed E-state index contributed by atoms with van der Waals surface area (Å²) in [5.74, 6) is -0.211. The van der Waals surface area contributed by atoms with Crippen molar-refractivity contribution >= 4 is 10.0 Å². The molecule has 0 saturated heterocycles. The Hall–Kier alpha value is -1.34. The van der Waals surface area contributed by atoms with Crippen LogP contribution in [0.25, 0.3) is 0 Å². The maximum atomic E-state index is 13.9. The normalized spacial score (nSPS) is 11.7. The van der Waals surface area contributed by atoms with Crippen LogP contribution in [0.15, 0.2) is 17.0 Å². The Bertz CT molecular complexity index is 558. The van der Waals surface area contributed by atoms with Gasteiger partial charge in [0.2, 0.25) is 10.0 Å². The number of sulfonamides is 1. The summed E-state index contributed by atoms with van der Waals surface area (Å²) in [6.45, 7) is 4.21. The number of rotatable bonds is 7. The summed E-state index contributed by atoms with van der Waals surface area (Å²) in [4.78, 5) is -0.445. The number of hydrogen-bond acceptors (Lipinski definition) is 4. The molecule has 0 aromatic heterocycles. The molecule has 0 aliphatic carbocycles. The van der Waals surface area contributed by atoms with Crippen molar-refractivity contribution in [2.75, 3.05) is 20.8 Å². The molecule has 0 unspecified atom stereocenters. The van der Waals surface area contributed by atoms with Gasteiger partial charge in [-0.25, -0.2) is 17.5 Å². The highest BCUT2D eigenvalue weighted by atomic mass is 32.2. The zero-order valence-corrected chi connectivity index (χ0v) is 12.9. The van der Waals surface area contributed by atoms with Gasteiger partial charge >= 0.3 is 0 Å². The average Bonchev–Trinajstić information content (AvgIpc) is 2.37. The summed E-state index contributed by atoms with van der Waals surface area (Å²) < 4.78 is 50.3. The lowest BCUT2D eigenvalue weighted by atomic mass is 10.1. The quantitative estimate of drug-likeness (QED) is 0.838. The third-order valence-electron chi connectivity index (χ3n) is 2.74. The fraction of sp³-hybridized carbons (Fsp3) is 0.538. The van der Waals surface area contributed by atoms with Gasteiger partial charge < -0.3 is 9.47 Å². The molecule has 0 radical (unpaired) electrons. The Labute approximate surface area is 119 Å². The summed E-state index contributed by atoms with van der Waals surface area (Å²) in [5.41, 5.74) is 0. The smallest absolute Gasteiger partial charge is 0.243 e. The summed E-state index contributed by atoms with van der Waals surface area (Å²) in [5, 5.41) is 0. The largest absolute Gasteiger partial charge is 0.493 e. The van der Waals surface area contributed by atoms with Crippen LogP contribution >= 0.6 is 0 Å². The predicted molar refractivity (Wildman–Crippen MR) is 74.1 cm³/mol. The van der Waals surface area contributed by atoms with Crippen LogP contribution in [0.3, 0.4) is 0 Å². The minimum atomic E-state index is -3.90. The van der Waals surface area contributed by atoms with Gasteiger partial charge in [0.15, 0.2) is 11.5 Å². The van der Waals surface area contributed by atoms with Gasteiger partial charge in [0, 0.05) is 18.7 Å². The van der Waals surface area contributed by atoms with Crippen LogP contribution in [0.5, 0.6) is 11.5 Å². The fourth-order valence-electron chi connectivity index (χ4n) is 1.60. The van der Waals surface area contributed by atoms with Gasteiger partial charge in [0.25, 0.3) is 0 Å². The van der Waals surface area contributed by atoms with Crippen LogP contribution in [0.1, 0.15) is 20.3 Å². The summed E-state index contributed by atoms with van der Waals surface area (Å²) >= 11 is 0. The molecule has 0 bridgehead atoms. The molecular formula is C13H20FNO4S. The van der Waals surface area contributed by atoms with Crippen LogP contribution in [-0.2, 0) is 10.0 Å². The summed E-state index contributed by atoms with van der Waals surface area (Å²) in [7, 11) is -1.19. The first-order chi connectivity index (χ1) is 9.31. The van der Waals surface area contributed by atoms with E-state index in [1.54, 1.807) is 0 Å². The van der Waals surface area contributed by atoms with Gasteiger partial charge in [0.1, 0.15) is 10.7 Å². The number of halogens is 1. The fourth-order valence-corrected chi connectivity index (χ4v) is 2.72. The van der Waals surface area contributed by atoms with Crippen molar-refractivity contribution in [3.05, 3.63) is 17.9 Å². The minimum Gasteiger partial charge on any atom is -0.493 e. The lowest BCUT2D eigenvalue weighted by Crippen LogP contribution is -2.26. The van der Waals surface area contributed by atoms with Gasteiger partial charge in [-0.1, -0.05) is 13.8 Å². The first kappa shape index (κ1) is 16.7. The zero-order chi connectivity index (χ0) is 15.3. The van der Waals surface area contributed by atoms with Crippen molar-refractivity contribution in [2.45, 2.75) is 25.2 Å². The van der Waals surface area contributed by atoms with E-state index < -0.39 is 20.7 Å². The van der Waals surface area contributed by atoms with Crippen molar-refractivity contribution in [1.29, 1.82) is 0 Å². The molecule has 0 atom stereocenters. The third kappa shape index (κ3) is 4.08. The van der Waals surface area contributed by atoms with E-state index in [1.807, 2.05) is 13.8 Å². The SMILES string of the molecule is COc1cc(F)c(S(=O)(=O)NCCC(C)C)cc1OC. The first-order valence-corrected chi connectivity index (χ1v) is 7.71. The second-order valence-corrected chi connectivity index (χ2v) is 6.45. The first-order valence-electron chi connectivity index (χ1n) is 6.23. The molecule has 114 valence electrons. The molecule has 0 spiro atoms. The van der Waals surface area contributed by atoms with Gasteiger partial charge in [-0.15, -0.1) is 0 Å². The molecule has 1 aromatic carbocycles. The number of nitrogens with one attached hydrogen (secondary N) is 1. The molecule has 1 N–H and O–H groups in total. The van der Waals surface area contributed by atoms with Gasteiger partial charge in [-0.2, -0.15) is 0 Å². The van der Waals surface area contributed by atoms with Gasteiger partial charge in [-0.3, -0.25) is 0 Å². The van der Waals surface area contributed by atoms with E-state index in [2.05, 4.69) is 4.72 Å². The van der Waals surface area contributed by atoms with Gasteiger partial charge in [-0.05, 0) is 12.3 Å². The number of ether oxygens (including phenoxy) is 2. The van der Waals surface area contributed by atoms with Crippen molar-refractivity contribution in [2.24, 2.45) is 5.92 Å². The van der Waals surface area contributed by atoms with Crippen LogP contribution in [0, 0.1) is 11.7 Å². The highest BCUT2D eigenvalue weighted by molar-refractivity contribution is 7.89. The monoisotopic (exact) mass is 305 g/mol. The van der Waals surface area contributed by atoms with E-state index in [1.165, 1.54) is 14.2 Å². The lowest BCUT2D eigenvalue weighted by molar-refractivity contribution is 0.350. The standard InChI is InChI=1S/C13H20FNO4S/c1-9(2)5-6-15-20(16,17)13-8-12(19-4)11(18-3)7-10(13)14/h7-9,15H,5-6H2,1-4H3. The Morgan fingerprint density at radius 1 is 1.20 bits per heavy atom. The number of methoxy groups -OCH3 is 2. The van der Waals surface area contributed by atoms with Crippen LogP contribution in [0.2, 0.25) is 0 Å². The topological polar surface area (TPSA) is 64.6 Å². The highest BCUT2D eigenvalue weighted by Crippen LogP contribution is 2.31. The summed E-state index contributed by atoms with van der Waals surface area (Å²) in [6, 6.07) is 2.11. The second kappa shape index (κ2) is 6.90. The van der Waals surface area contributed by atoms with E-state index in [9.17, 15) is 12.8 Å². The zero-order valence-electron chi connectivity index (χ0n) is 12.1. The third-order valence-corrected chi connectivity index (χ3v) is 4.22. The molecule has 0 heterocycles. The van der Waals surface area contributed by atoms with E-state index >= 15 is 0 Å². The van der Waals surface area contributed by atoms with Crippen LogP contribution in [0.4, 0.5) is 4.39 Å². The lowest BCUT2D eigenvalue weighted by Gasteiger charge is -2.12. The molecule has 20 heavy (non-hydrogen) atoms. The van der Waals surface area contributed by atoms with E-state index in [0.717, 1.165) is 12.1 Å². The Kier molecular flexibility index (Phi) is 5.76. The van der Waals surface area contributed by atoms with Crippen molar-refractivity contribution in [3.63, 3.8) is 0 Å². The maximum Gasteiger partial charge on any atom is 0.243 e. The Morgan fingerprint density at radius 3 is 2.25 bits per heavy atom. The van der Waals surface area contributed by atoms with Crippen LogP contribution < -0.4 is 14.2 Å². The highest BCUT2D eigenvalue weighted by Gasteiger charge is 2.22. The molecule has 1 aromatic rings. The Morgan fingerprint density at radius 2 is 1.75 bits per heavy atom.